The van der Waals surface area contributed by atoms with Gasteiger partial charge in [0, 0.05) is 18.7 Å². The topological polar surface area (TPSA) is 84.0 Å². The number of ether oxygens (including phenoxy) is 1. The number of carbonyl (C=O) groups is 1. The summed E-state index contributed by atoms with van der Waals surface area (Å²) in [6, 6.07) is 13.4. The van der Waals surface area contributed by atoms with Crippen LogP contribution in [0.4, 0.5) is 13.2 Å². The molecule has 1 saturated heterocycles. The molecule has 2 unspecified atom stereocenters. The van der Waals surface area contributed by atoms with Gasteiger partial charge in [-0.2, -0.15) is 18.4 Å². The zero-order valence-electron chi connectivity index (χ0n) is 17.9. The number of benzene rings is 2. The molecule has 2 heterocycles. The molecule has 1 aromatic heterocycles. The number of aromatic nitrogens is 3. The fraction of sp³-hybridized carbons (Fsp3) is 0.250. The van der Waals surface area contributed by atoms with E-state index in [1.54, 1.807) is 34.0 Å². The average molecular weight is 467 g/mol. The van der Waals surface area contributed by atoms with E-state index in [0.29, 0.717) is 23.4 Å². The fourth-order valence-electron chi connectivity index (χ4n) is 3.80. The Morgan fingerprint density at radius 2 is 2.00 bits per heavy atom. The minimum atomic E-state index is -4.40. The Kier molecular flexibility index (Phi) is 6.47. The van der Waals surface area contributed by atoms with E-state index in [9.17, 15) is 18.0 Å². The van der Waals surface area contributed by atoms with Crippen molar-refractivity contribution in [1.29, 1.82) is 5.26 Å². The summed E-state index contributed by atoms with van der Waals surface area (Å²) in [7, 11) is 0. The molecule has 174 valence electrons. The van der Waals surface area contributed by atoms with Gasteiger partial charge >= 0.3 is 6.18 Å². The molecule has 1 aliphatic heterocycles. The first-order valence-corrected chi connectivity index (χ1v) is 10.4. The van der Waals surface area contributed by atoms with E-state index in [4.69, 9.17) is 10.00 Å². The minimum Gasteiger partial charge on any atom is -0.369 e. The first-order chi connectivity index (χ1) is 16.3. The molecule has 0 saturated carbocycles. The number of rotatable bonds is 6. The van der Waals surface area contributed by atoms with Gasteiger partial charge in [-0.1, -0.05) is 36.1 Å². The van der Waals surface area contributed by atoms with Crippen molar-refractivity contribution in [3.05, 3.63) is 84.1 Å². The number of amides is 1. The number of halogens is 3. The number of hydrogen-bond acceptors (Lipinski definition) is 5. The largest absolute Gasteiger partial charge is 0.416 e. The number of likely N-dealkylation sites (tertiary alicyclic amines) is 1. The van der Waals surface area contributed by atoms with E-state index in [2.05, 4.69) is 23.0 Å². The third-order valence-corrected chi connectivity index (χ3v) is 5.61. The smallest absolute Gasteiger partial charge is 0.369 e. The molecule has 4 rings (SSSR count). The van der Waals surface area contributed by atoms with Gasteiger partial charge in [0.15, 0.2) is 0 Å². The molecular formula is C24H20F3N5O2. The van der Waals surface area contributed by atoms with Crippen LogP contribution >= 0.6 is 0 Å². The fourth-order valence-corrected chi connectivity index (χ4v) is 3.80. The molecule has 1 fully saturated rings. The van der Waals surface area contributed by atoms with Crippen LogP contribution in [-0.4, -0.2) is 45.0 Å². The highest BCUT2D eigenvalue weighted by molar-refractivity contribution is 5.87. The lowest BCUT2D eigenvalue weighted by molar-refractivity contribution is -0.137. The average Bonchev–Trinajstić information content (AvgIpc) is 3.49. The molecule has 1 aliphatic rings. The molecule has 2 aromatic carbocycles. The Hall–Kier alpha value is -3.97. The predicted octanol–water partition coefficient (Wildman–Crippen LogP) is 3.99. The summed E-state index contributed by atoms with van der Waals surface area (Å²) in [4.78, 5) is 13.8. The van der Waals surface area contributed by atoms with Crippen molar-refractivity contribution in [3.8, 4) is 17.3 Å². The molecule has 2 atom stereocenters. The van der Waals surface area contributed by atoms with Gasteiger partial charge in [-0.3, -0.25) is 4.79 Å². The number of nitrogens with zero attached hydrogens (tertiary/aromatic N) is 5. The van der Waals surface area contributed by atoms with Gasteiger partial charge in [0.2, 0.25) is 5.91 Å². The second-order valence-electron chi connectivity index (χ2n) is 7.84. The van der Waals surface area contributed by atoms with Crippen molar-refractivity contribution in [3.63, 3.8) is 0 Å². The maximum atomic E-state index is 12.8. The lowest BCUT2D eigenvalue weighted by Crippen LogP contribution is -2.28. The number of hydrogen-bond donors (Lipinski definition) is 0. The first kappa shape index (κ1) is 23.2. The van der Waals surface area contributed by atoms with E-state index in [0.717, 1.165) is 17.7 Å². The molecule has 7 nitrogen and oxygen atoms in total. The third kappa shape index (κ3) is 5.00. The zero-order chi connectivity index (χ0) is 24.3. The van der Waals surface area contributed by atoms with Crippen LogP contribution in [-0.2, 0) is 22.3 Å². The first-order valence-electron chi connectivity index (χ1n) is 10.4. The van der Waals surface area contributed by atoms with Gasteiger partial charge in [-0.25, -0.2) is 4.68 Å². The van der Waals surface area contributed by atoms with Crippen molar-refractivity contribution in [2.75, 3.05) is 13.1 Å². The van der Waals surface area contributed by atoms with Gasteiger partial charge in [-0.05, 0) is 35.9 Å². The Morgan fingerprint density at radius 1 is 1.24 bits per heavy atom. The van der Waals surface area contributed by atoms with E-state index < -0.39 is 17.8 Å². The summed E-state index contributed by atoms with van der Waals surface area (Å²) in [5.74, 6) is -0.257. The molecule has 0 aliphatic carbocycles. The Balaban J connectivity index is 1.52. The van der Waals surface area contributed by atoms with Crippen molar-refractivity contribution in [2.45, 2.75) is 24.9 Å². The van der Waals surface area contributed by atoms with Crippen LogP contribution in [0.15, 0.2) is 67.4 Å². The highest BCUT2D eigenvalue weighted by Gasteiger charge is 2.37. The maximum absolute atomic E-state index is 12.8. The quantitative estimate of drug-likeness (QED) is 0.512. The molecule has 0 N–H and O–H groups in total. The van der Waals surface area contributed by atoms with Crippen LogP contribution in [0.1, 0.15) is 22.7 Å². The minimum absolute atomic E-state index is 0.0706. The van der Waals surface area contributed by atoms with Gasteiger partial charge in [0.25, 0.3) is 0 Å². The highest BCUT2D eigenvalue weighted by atomic mass is 19.4. The summed E-state index contributed by atoms with van der Waals surface area (Å²) in [5, 5.41) is 17.5. The van der Waals surface area contributed by atoms with Crippen molar-refractivity contribution in [2.24, 2.45) is 0 Å². The van der Waals surface area contributed by atoms with Crippen molar-refractivity contribution < 1.29 is 22.7 Å². The van der Waals surface area contributed by atoms with E-state index in [1.807, 2.05) is 6.07 Å². The monoisotopic (exact) mass is 467 g/mol. The second kappa shape index (κ2) is 9.49. The summed E-state index contributed by atoms with van der Waals surface area (Å²) in [5.41, 5.74) is 1.63. The molecule has 0 spiro atoms. The van der Waals surface area contributed by atoms with E-state index in [1.165, 1.54) is 18.2 Å². The molecule has 1 amide bonds. The molecule has 3 aromatic rings. The standard InChI is InChI=1S/C24H20F3N5O2/c1-2-23(33)31-13-21(32-12-20(29-30-32)18-5-3-4-17(10-18)11-28)22(14-31)34-15-16-6-8-19(9-7-16)24(25,26)27/h2-10,12,21-22H,1,13-15H2. The Bertz CT molecular complexity index is 1230. The summed E-state index contributed by atoms with van der Waals surface area (Å²) in [6.07, 6.45) is -1.93. The van der Waals surface area contributed by atoms with Crippen LogP contribution in [0.5, 0.6) is 0 Å². The van der Waals surface area contributed by atoms with Gasteiger partial charge in [0.05, 0.1) is 42.1 Å². The van der Waals surface area contributed by atoms with Gasteiger partial charge in [0.1, 0.15) is 5.69 Å². The Morgan fingerprint density at radius 3 is 2.68 bits per heavy atom. The molecule has 10 heteroatoms. The molecule has 0 bridgehead atoms. The Labute approximate surface area is 193 Å². The van der Waals surface area contributed by atoms with Crippen LogP contribution in [0.3, 0.4) is 0 Å². The van der Waals surface area contributed by atoms with Crippen molar-refractivity contribution in [1.82, 2.24) is 19.9 Å². The SMILES string of the molecule is C=CC(=O)N1CC(OCc2ccc(C(F)(F)F)cc2)C(n2cc(-c3cccc(C#N)c3)nn2)C1. The number of nitriles is 1. The third-order valence-electron chi connectivity index (χ3n) is 5.61. The highest BCUT2D eigenvalue weighted by Crippen LogP contribution is 2.30. The van der Waals surface area contributed by atoms with Crippen LogP contribution in [0, 0.1) is 11.3 Å². The van der Waals surface area contributed by atoms with Gasteiger partial charge in [-0.15, -0.1) is 5.10 Å². The normalized spacial score (nSPS) is 18.0. The van der Waals surface area contributed by atoms with E-state index in [-0.39, 0.29) is 25.1 Å². The van der Waals surface area contributed by atoms with E-state index >= 15 is 0 Å². The predicted molar refractivity (Wildman–Crippen MR) is 116 cm³/mol. The second-order valence-corrected chi connectivity index (χ2v) is 7.84. The number of alkyl halides is 3. The summed E-state index contributed by atoms with van der Waals surface area (Å²) in [6.45, 7) is 4.18. The van der Waals surface area contributed by atoms with Gasteiger partial charge < -0.3 is 9.64 Å². The lowest BCUT2D eigenvalue weighted by Gasteiger charge is -2.19. The van der Waals surface area contributed by atoms with Crippen LogP contribution in [0.2, 0.25) is 0 Å². The lowest BCUT2D eigenvalue weighted by atomic mass is 10.1. The van der Waals surface area contributed by atoms with Crippen LogP contribution < -0.4 is 0 Å². The molecular weight excluding hydrogens is 447 g/mol. The molecule has 34 heavy (non-hydrogen) atoms. The van der Waals surface area contributed by atoms with Crippen molar-refractivity contribution >= 4 is 5.91 Å². The summed E-state index contributed by atoms with van der Waals surface area (Å²) < 4.78 is 46.0. The molecule has 0 radical (unpaired) electrons. The number of carbonyl (C=O) groups excluding carboxylic acids is 1. The summed E-state index contributed by atoms with van der Waals surface area (Å²) >= 11 is 0. The van der Waals surface area contributed by atoms with Crippen LogP contribution in [0.25, 0.3) is 11.3 Å². The maximum Gasteiger partial charge on any atom is 0.416 e. The zero-order valence-corrected chi connectivity index (χ0v) is 17.9.